The Kier molecular flexibility index (Phi) is 5.15. The molecule has 1 N–H and O–H groups in total. The van der Waals surface area contributed by atoms with E-state index >= 15 is 0 Å². The normalized spacial score (nSPS) is 11.5. The van der Waals surface area contributed by atoms with E-state index in [2.05, 4.69) is 30.8 Å². The number of hydrogen-bond acceptors (Lipinski definition) is 3. The lowest BCUT2D eigenvalue weighted by molar-refractivity contribution is -0.131. The highest BCUT2D eigenvalue weighted by Crippen LogP contribution is 2.26. The van der Waals surface area contributed by atoms with Gasteiger partial charge in [0.1, 0.15) is 5.82 Å². The van der Waals surface area contributed by atoms with Gasteiger partial charge in [0.2, 0.25) is 0 Å². The monoisotopic (exact) mass is 265 g/mol. The number of carboxylic acids is 1. The summed E-state index contributed by atoms with van der Waals surface area (Å²) in [5.41, 5.74) is 1.73. The van der Waals surface area contributed by atoms with E-state index < -0.39 is 5.97 Å². The summed E-state index contributed by atoms with van der Waals surface area (Å²) < 4.78 is 1.83. The molecule has 0 unspecified atom stereocenters. The Balaban J connectivity index is 3.27. The fourth-order valence-electron chi connectivity index (χ4n) is 2.20. The van der Waals surface area contributed by atoms with Gasteiger partial charge >= 0.3 is 5.97 Å². The predicted molar refractivity (Wildman–Crippen MR) is 77.4 cm³/mol. The second-order valence-electron chi connectivity index (χ2n) is 4.91. The summed E-state index contributed by atoms with van der Waals surface area (Å²) in [6.45, 7) is 9.21. The van der Waals surface area contributed by atoms with Gasteiger partial charge in [-0.1, -0.05) is 6.92 Å². The van der Waals surface area contributed by atoms with Crippen LogP contribution in [0.5, 0.6) is 0 Å². The molecule has 19 heavy (non-hydrogen) atoms. The standard InChI is InChI=1S/C14H23N3O2/c1-6-9-17(10(2)3)14-12(7-8-13(18)19)11(4)15-16(14)5/h7-8,10H,6,9H2,1-5H3,(H,18,19)/b8-7+. The molecule has 106 valence electrons. The molecular formula is C14H23N3O2. The van der Waals surface area contributed by atoms with Crippen LogP contribution in [0.1, 0.15) is 38.4 Å². The number of rotatable bonds is 6. The van der Waals surface area contributed by atoms with E-state index in [0.717, 1.165) is 36.1 Å². The lowest BCUT2D eigenvalue weighted by Crippen LogP contribution is -2.33. The lowest BCUT2D eigenvalue weighted by atomic mass is 10.2. The highest BCUT2D eigenvalue weighted by molar-refractivity contribution is 5.87. The van der Waals surface area contributed by atoms with Crippen molar-refractivity contribution in [2.75, 3.05) is 11.4 Å². The Morgan fingerprint density at radius 3 is 2.63 bits per heavy atom. The van der Waals surface area contributed by atoms with E-state index in [1.807, 2.05) is 18.7 Å². The maximum absolute atomic E-state index is 10.7. The van der Waals surface area contributed by atoms with Crippen LogP contribution in [0.4, 0.5) is 5.82 Å². The minimum Gasteiger partial charge on any atom is -0.478 e. The SMILES string of the molecule is CCCN(c1c(/C=C/C(=O)O)c(C)nn1C)C(C)C. The minimum atomic E-state index is -0.944. The van der Waals surface area contributed by atoms with Crippen LogP contribution in [0, 0.1) is 6.92 Å². The summed E-state index contributed by atoms with van der Waals surface area (Å²) in [7, 11) is 1.89. The summed E-state index contributed by atoms with van der Waals surface area (Å²) in [6, 6.07) is 0.340. The van der Waals surface area contributed by atoms with Gasteiger partial charge < -0.3 is 10.0 Å². The van der Waals surface area contributed by atoms with Crippen molar-refractivity contribution in [1.82, 2.24) is 9.78 Å². The Bertz CT molecular complexity index is 475. The quantitative estimate of drug-likeness (QED) is 0.803. The van der Waals surface area contributed by atoms with Gasteiger partial charge in [0, 0.05) is 31.3 Å². The van der Waals surface area contributed by atoms with Gasteiger partial charge in [-0.15, -0.1) is 0 Å². The maximum atomic E-state index is 10.7. The third-order valence-corrected chi connectivity index (χ3v) is 2.99. The minimum absolute atomic E-state index is 0.340. The Labute approximate surface area is 114 Å². The molecule has 0 bridgehead atoms. The third-order valence-electron chi connectivity index (χ3n) is 2.99. The number of aliphatic carboxylic acids is 1. The molecule has 1 heterocycles. The summed E-state index contributed by atoms with van der Waals surface area (Å²) in [5, 5.41) is 13.2. The van der Waals surface area contributed by atoms with E-state index in [9.17, 15) is 4.79 Å². The van der Waals surface area contributed by atoms with E-state index in [1.165, 1.54) is 0 Å². The topological polar surface area (TPSA) is 58.4 Å². The zero-order valence-electron chi connectivity index (χ0n) is 12.3. The molecule has 0 aliphatic heterocycles. The Hall–Kier alpha value is -1.78. The van der Waals surface area contributed by atoms with Crippen LogP contribution in [0.3, 0.4) is 0 Å². The first kappa shape index (κ1) is 15.3. The second kappa shape index (κ2) is 6.41. The molecule has 1 rings (SSSR count). The second-order valence-corrected chi connectivity index (χ2v) is 4.91. The molecule has 5 heteroatoms. The van der Waals surface area contributed by atoms with E-state index in [0.29, 0.717) is 6.04 Å². The molecule has 0 radical (unpaired) electrons. The zero-order valence-corrected chi connectivity index (χ0v) is 12.3. The molecule has 0 spiro atoms. The van der Waals surface area contributed by atoms with Gasteiger partial charge in [-0.25, -0.2) is 4.79 Å². The van der Waals surface area contributed by atoms with Crippen molar-refractivity contribution in [1.29, 1.82) is 0 Å². The molecular weight excluding hydrogens is 242 g/mol. The number of aromatic nitrogens is 2. The van der Waals surface area contributed by atoms with Gasteiger partial charge in [-0.2, -0.15) is 5.10 Å². The van der Waals surface area contributed by atoms with Crippen LogP contribution in [0.25, 0.3) is 6.08 Å². The smallest absolute Gasteiger partial charge is 0.328 e. The Morgan fingerprint density at radius 1 is 1.53 bits per heavy atom. The first-order valence-corrected chi connectivity index (χ1v) is 6.59. The Morgan fingerprint density at radius 2 is 2.16 bits per heavy atom. The van der Waals surface area contributed by atoms with Gasteiger partial charge in [0.25, 0.3) is 0 Å². The van der Waals surface area contributed by atoms with Gasteiger partial charge in [-0.05, 0) is 33.3 Å². The number of nitrogens with zero attached hydrogens (tertiary/aromatic N) is 3. The summed E-state index contributed by atoms with van der Waals surface area (Å²) in [4.78, 5) is 13.0. The van der Waals surface area contributed by atoms with Crippen molar-refractivity contribution in [3.63, 3.8) is 0 Å². The van der Waals surface area contributed by atoms with Gasteiger partial charge in [0.05, 0.1) is 5.69 Å². The van der Waals surface area contributed by atoms with Crippen LogP contribution in [0.2, 0.25) is 0 Å². The van der Waals surface area contributed by atoms with Crippen molar-refractivity contribution < 1.29 is 9.90 Å². The van der Waals surface area contributed by atoms with E-state index in [1.54, 1.807) is 6.08 Å². The van der Waals surface area contributed by atoms with Crippen molar-refractivity contribution in [3.05, 3.63) is 17.3 Å². The lowest BCUT2D eigenvalue weighted by Gasteiger charge is -2.29. The summed E-state index contributed by atoms with van der Waals surface area (Å²) >= 11 is 0. The predicted octanol–water partition coefficient (Wildman–Crippen LogP) is 2.45. The molecule has 0 atom stereocenters. The number of aryl methyl sites for hydroxylation is 2. The van der Waals surface area contributed by atoms with Crippen LogP contribution in [0.15, 0.2) is 6.08 Å². The molecule has 0 aliphatic carbocycles. The van der Waals surface area contributed by atoms with Crippen LogP contribution in [-0.4, -0.2) is 33.4 Å². The number of carbonyl (C=O) groups is 1. The fourth-order valence-corrected chi connectivity index (χ4v) is 2.20. The fraction of sp³-hybridized carbons (Fsp3) is 0.571. The molecule has 0 aromatic carbocycles. The zero-order chi connectivity index (χ0) is 14.6. The van der Waals surface area contributed by atoms with Crippen molar-refractivity contribution in [3.8, 4) is 0 Å². The highest BCUT2D eigenvalue weighted by Gasteiger charge is 2.19. The number of anilines is 1. The van der Waals surface area contributed by atoms with Gasteiger partial charge in [-0.3, -0.25) is 4.68 Å². The molecule has 0 aliphatic rings. The van der Waals surface area contributed by atoms with Crippen LogP contribution in [-0.2, 0) is 11.8 Å². The summed E-state index contributed by atoms with van der Waals surface area (Å²) in [6.07, 6.45) is 3.83. The van der Waals surface area contributed by atoms with Crippen LogP contribution >= 0.6 is 0 Å². The first-order valence-electron chi connectivity index (χ1n) is 6.59. The molecule has 1 aromatic heterocycles. The molecule has 0 saturated heterocycles. The molecule has 0 saturated carbocycles. The molecule has 0 fully saturated rings. The largest absolute Gasteiger partial charge is 0.478 e. The average Bonchev–Trinajstić information content (AvgIpc) is 2.57. The van der Waals surface area contributed by atoms with Crippen molar-refractivity contribution in [2.24, 2.45) is 7.05 Å². The average molecular weight is 265 g/mol. The maximum Gasteiger partial charge on any atom is 0.328 e. The van der Waals surface area contributed by atoms with Crippen LogP contribution < -0.4 is 4.90 Å². The molecule has 0 amide bonds. The first-order chi connectivity index (χ1) is 8.88. The molecule has 5 nitrogen and oxygen atoms in total. The number of carboxylic acid groups (broad SMARTS) is 1. The van der Waals surface area contributed by atoms with Crippen molar-refractivity contribution in [2.45, 2.75) is 40.2 Å². The third kappa shape index (κ3) is 3.59. The van der Waals surface area contributed by atoms with Crippen molar-refractivity contribution >= 4 is 17.9 Å². The number of hydrogen-bond donors (Lipinski definition) is 1. The van der Waals surface area contributed by atoms with E-state index in [4.69, 9.17) is 5.11 Å². The van der Waals surface area contributed by atoms with E-state index in [-0.39, 0.29) is 0 Å². The highest BCUT2D eigenvalue weighted by atomic mass is 16.4. The van der Waals surface area contributed by atoms with Gasteiger partial charge in [0.15, 0.2) is 0 Å². The summed E-state index contributed by atoms with van der Waals surface area (Å²) in [5.74, 6) is 0.0349. The molecule has 1 aromatic rings.